The van der Waals surface area contributed by atoms with Gasteiger partial charge in [0.05, 0.1) is 0 Å². The zero-order valence-electron chi connectivity index (χ0n) is 5.96. The van der Waals surface area contributed by atoms with Crippen molar-refractivity contribution in [3.8, 4) is 0 Å². The maximum atomic E-state index is 5.13. The number of nitrogens with two attached hydrogens (primary N) is 1. The van der Waals surface area contributed by atoms with Gasteiger partial charge in [0.1, 0.15) is 0 Å². The van der Waals surface area contributed by atoms with E-state index in [2.05, 4.69) is 10.4 Å². The van der Waals surface area contributed by atoms with Crippen LogP contribution in [0.1, 0.15) is 11.1 Å². The van der Waals surface area contributed by atoms with Crippen LogP contribution >= 0.6 is 0 Å². The number of nitrogens with zero attached hydrogens (tertiary/aromatic N) is 1. The molecule has 3 heteroatoms. The minimum atomic E-state index is 0.675. The van der Waals surface area contributed by atoms with Gasteiger partial charge >= 0.3 is 0 Å². The smallest absolute Gasteiger partial charge is 0.0364 e. The van der Waals surface area contributed by atoms with Gasteiger partial charge in [0.2, 0.25) is 0 Å². The van der Waals surface area contributed by atoms with E-state index in [4.69, 9.17) is 5.84 Å². The van der Waals surface area contributed by atoms with Gasteiger partial charge in [-0.05, 0) is 18.1 Å². The van der Waals surface area contributed by atoms with Crippen LogP contribution in [0, 0.1) is 6.92 Å². The molecule has 0 aliphatic carbocycles. The molecule has 0 amide bonds. The first-order valence-corrected chi connectivity index (χ1v) is 3.17. The van der Waals surface area contributed by atoms with Crippen molar-refractivity contribution in [3.63, 3.8) is 0 Å². The van der Waals surface area contributed by atoms with Crippen LogP contribution in [0.2, 0.25) is 0 Å². The van der Waals surface area contributed by atoms with Crippen LogP contribution in [-0.2, 0) is 6.54 Å². The number of aromatic nitrogens is 1. The van der Waals surface area contributed by atoms with E-state index in [1.807, 2.05) is 19.2 Å². The van der Waals surface area contributed by atoms with Gasteiger partial charge in [-0.2, -0.15) is 0 Å². The molecule has 0 aromatic carbocycles. The van der Waals surface area contributed by atoms with Crippen molar-refractivity contribution in [2.75, 3.05) is 0 Å². The maximum Gasteiger partial charge on any atom is 0.0364 e. The van der Waals surface area contributed by atoms with Crippen LogP contribution in [0.4, 0.5) is 0 Å². The second-order valence-corrected chi connectivity index (χ2v) is 2.25. The summed E-state index contributed by atoms with van der Waals surface area (Å²) in [6, 6.07) is 2.05. The third-order valence-corrected chi connectivity index (χ3v) is 1.24. The van der Waals surface area contributed by atoms with Crippen LogP contribution in [-0.4, -0.2) is 4.98 Å². The highest BCUT2D eigenvalue weighted by Gasteiger charge is 1.89. The van der Waals surface area contributed by atoms with Gasteiger partial charge in [-0.1, -0.05) is 6.07 Å². The first-order valence-electron chi connectivity index (χ1n) is 3.17. The Kier molecular flexibility index (Phi) is 2.36. The van der Waals surface area contributed by atoms with Crippen LogP contribution in [0.25, 0.3) is 0 Å². The maximum absolute atomic E-state index is 5.13. The molecule has 0 fully saturated rings. The highest BCUT2D eigenvalue weighted by Crippen LogP contribution is 1.99. The highest BCUT2D eigenvalue weighted by molar-refractivity contribution is 5.15. The van der Waals surface area contributed by atoms with Crippen LogP contribution in [0.5, 0.6) is 0 Å². The monoisotopic (exact) mass is 137 g/mol. The fraction of sp³-hybridized carbons (Fsp3) is 0.286. The lowest BCUT2D eigenvalue weighted by molar-refractivity contribution is 0.738. The predicted octanol–water partition coefficient (Wildman–Crippen LogP) is 0.353. The van der Waals surface area contributed by atoms with Gasteiger partial charge in [-0.3, -0.25) is 16.3 Å². The Balaban J connectivity index is 2.75. The molecule has 0 spiro atoms. The molecule has 0 saturated heterocycles. The van der Waals surface area contributed by atoms with E-state index < -0.39 is 0 Å². The quantitative estimate of drug-likeness (QED) is 0.457. The van der Waals surface area contributed by atoms with Crippen molar-refractivity contribution in [1.82, 2.24) is 10.4 Å². The molecule has 10 heavy (non-hydrogen) atoms. The third-order valence-electron chi connectivity index (χ3n) is 1.24. The highest BCUT2D eigenvalue weighted by atomic mass is 15.2. The van der Waals surface area contributed by atoms with Crippen LogP contribution in [0.3, 0.4) is 0 Å². The zero-order valence-corrected chi connectivity index (χ0v) is 5.96. The molecule has 0 saturated carbocycles. The lowest BCUT2D eigenvalue weighted by atomic mass is 10.2. The van der Waals surface area contributed by atoms with E-state index in [0.29, 0.717) is 6.54 Å². The second kappa shape index (κ2) is 3.29. The van der Waals surface area contributed by atoms with Gasteiger partial charge in [-0.25, -0.2) is 0 Å². The molecule has 0 bridgehead atoms. The summed E-state index contributed by atoms with van der Waals surface area (Å²) in [4.78, 5) is 4.01. The Labute approximate surface area is 60.2 Å². The van der Waals surface area contributed by atoms with Crippen LogP contribution < -0.4 is 11.3 Å². The topological polar surface area (TPSA) is 50.9 Å². The molecule has 0 radical (unpaired) electrons. The second-order valence-electron chi connectivity index (χ2n) is 2.25. The van der Waals surface area contributed by atoms with Gasteiger partial charge in [0, 0.05) is 18.9 Å². The summed E-state index contributed by atoms with van der Waals surface area (Å²) in [5.41, 5.74) is 4.84. The molecule has 1 aromatic rings. The molecule has 1 heterocycles. The molecule has 54 valence electrons. The number of nitrogens with one attached hydrogen (secondary N) is 1. The number of aryl methyl sites for hydroxylation is 1. The molecule has 3 nitrogen and oxygen atoms in total. The summed E-state index contributed by atoms with van der Waals surface area (Å²) in [5, 5.41) is 0. The van der Waals surface area contributed by atoms with Crippen molar-refractivity contribution in [2.45, 2.75) is 13.5 Å². The number of rotatable bonds is 2. The zero-order chi connectivity index (χ0) is 7.40. The Morgan fingerprint density at radius 1 is 1.60 bits per heavy atom. The minimum Gasteiger partial charge on any atom is -0.271 e. The van der Waals surface area contributed by atoms with Gasteiger partial charge < -0.3 is 0 Å². The molecule has 0 aliphatic rings. The Morgan fingerprint density at radius 3 is 3.00 bits per heavy atom. The fourth-order valence-corrected chi connectivity index (χ4v) is 0.832. The molecule has 0 unspecified atom stereocenters. The van der Waals surface area contributed by atoms with Crippen molar-refractivity contribution in [3.05, 3.63) is 29.6 Å². The summed E-state index contributed by atoms with van der Waals surface area (Å²) in [7, 11) is 0. The first kappa shape index (κ1) is 7.18. The van der Waals surface area contributed by atoms with E-state index in [1.165, 1.54) is 0 Å². The number of hydrogen-bond acceptors (Lipinski definition) is 3. The van der Waals surface area contributed by atoms with Gasteiger partial charge in [-0.15, -0.1) is 0 Å². The summed E-state index contributed by atoms with van der Waals surface area (Å²) in [6.07, 6.45) is 3.62. The normalized spacial score (nSPS) is 9.80. The molecular formula is C7H11N3. The van der Waals surface area contributed by atoms with Gasteiger partial charge in [0.25, 0.3) is 0 Å². The molecule has 1 aromatic heterocycles. The van der Waals surface area contributed by atoms with Gasteiger partial charge in [0.15, 0.2) is 0 Å². The van der Waals surface area contributed by atoms with E-state index in [1.54, 1.807) is 6.20 Å². The Morgan fingerprint density at radius 2 is 2.40 bits per heavy atom. The lowest BCUT2D eigenvalue weighted by Gasteiger charge is -1.98. The largest absolute Gasteiger partial charge is 0.271 e. The Bertz CT molecular complexity index is 210. The van der Waals surface area contributed by atoms with Crippen LogP contribution in [0.15, 0.2) is 18.5 Å². The number of pyridine rings is 1. The SMILES string of the molecule is Cc1cncc(CNN)c1. The molecule has 0 atom stereocenters. The number of hydrazine groups is 1. The summed E-state index contributed by atoms with van der Waals surface area (Å²) < 4.78 is 0. The van der Waals surface area contributed by atoms with Crippen molar-refractivity contribution in [2.24, 2.45) is 5.84 Å². The Hall–Kier alpha value is -0.930. The first-order chi connectivity index (χ1) is 4.83. The third kappa shape index (κ3) is 1.79. The summed E-state index contributed by atoms with van der Waals surface area (Å²) in [6.45, 7) is 2.68. The van der Waals surface area contributed by atoms with E-state index in [-0.39, 0.29) is 0 Å². The standard InChI is InChI=1S/C7H11N3/c1-6-2-7(5-10-8)4-9-3-6/h2-4,10H,5,8H2,1H3. The molecule has 0 aliphatic heterocycles. The summed E-state index contributed by atoms with van der Waals surface area (Å²) >= 11 is 0. The van der Waals surface area contributed by atoms with Crippen molar-refractivity contribution in [1.29, 1.82) is 0 Å². The molecular weight excluding hydrogens is 126 g/mol. The summed E-state index contributed by atoms with van der Waals surface area (Å²) in [5.74, 6) is 5.13. The predicted molar refractivity (Wildman–Crippen MR) is 40.0 cm³/mol. The van der Waals surface area contributed by atoms with Crippen molar-refractivity contribution >= 4 is 0 Å². The number of hydrogen-bond donors (Lipinski definition) is 2. The molecule has 3 N–H and O–H groups in total. The lowest BCUT2D eigenvalue weighted by Crippen LogP contribution is -2.20. The average molecular weight is 137 g/mol. The van der Waals surface area contributed by atoms with E-state index in [9.17, 15) is 0 Å². The average Bonchev–Trinajstić information content (AvgIpc) is 1.88. The fourth-order valence-electron chi connectivity index (χ4n) is 0.832. The van der Waals surface area contributed by atoms with E-state index in [0.717, 1.165) is 11.1 Å². The minimum absolute atomic E-state index is 0.675. The molecule has 1 rings (SSSR count). The van der Waals surface area contributed by atoms with E-state index >= 15 is 0 Å². The van der Waals surface area contributed by atoms with Crippen molar-refractivity contribution < 1.29 is 0 Å².